The third-order valence-electron chi connectivity index (χ3n) is 4.83. The lowest BCUT2D eigenvalue weighted by Gasteiger charge is -2.21. The molecular weight excluding hydrogens is 338 g/mol. The standard InChI is InChI=1S/C18H23N3O5/c1-9(2)20-17(24)14(16(23)19-10(3)18(25)26)15(22)13-8-11-6-4-5-7-12(11)21(13)20/h8-10,22H,4-7H2,1-3H3,(H,19,23)(H,25,26)/t10-/m0/s1. The summed E-state index contributed by atoms with van der Waals surface area (Å²) in [7, 11) is 0. The molecule has 0 unspecified atom stereocenters. The van der Waals surface area contributed by atoms with Crippen molar-refractivity contribution in [2.24, 2.45) is 0 Å². The number of nitrogens with one attached hydrogen (secondary N) is 1. The molecule has 0 aromatic carbocycles. The van der Waals surface area contributed by atoms with Gasteiger partial charge < -0.3 is 15.5 Å². The lowest BCUT2D eigenvalue weighted by molar-refractivity contribution is -0.138. The number of rotatable bonds is 4. The Morgan fingerprint density at radius 2 is 1.85 bits per heavy atom. The zero-order chi connectivity index (χ0) is 19.2. The summed E-state index contributed by atoms with van der Waals surface area (Å²) >= 11 is 0. The summed E-state index contributed by atoms with van der Waals surface area (Å²) in [4.78, 5) is 36.5. The van der Waals surface area contributed by atoms with Crippen LogP contribution in [0.25, 0.3) is 5.52 Å². The van der Waals surface area contributed by atoms with Crippen molar-refractivity contribution in [1.29, 1.82) is 0 Å². The molecular formula is C18H23N3O5. The van der Waals surface area contributed by atoms with E-state index in [0.29, 0.717) is 5.52 Å². The summed E-state index contributed by atoms with van der Waals surface area (Å²) in [5, 5.41) is 21.9. The van der Waals surface area contributed by atoms with Gasteiger partial charge in [-0.05, 0) is 58.1 Å². The Balaban J connectivity index is 2.27. The van der Waals surface area contributed by atoms with Crippen LogP contribution in [-0.2, 0) is 17.6 Å². The molecule has 2 aromatic heterocycles. The maximum Gasteiger partial charge on any atom is 0.325 e. The fourth-order valence-corrected chi connectivity index (χ4v) is 3.53. The number of aryl methyl sites for hydroxylation is 2. The highest BCUT2D eigenvalue weighted by molar-refractivity contribution is 6.00. The molecule has 1 aliphatic rings. The number of aromatic nitrogens is 2. The summed E-state index contributed by atoms with van der Waals surface area (Å²) in [5.74, 6) is -2.52. The molecule has 2 heterocycles. The first-order valence-electron chi connectivity index (χ1n) is 8.78. The summed E-state index contributed by atoms with van der Waals surface area (Å²) in [6.07, 6.45) is 3.71. The van der Waals surface area contributed by atoms with Crippen molar-refractivity contribution in [1.82, 2.24) is 14.5 Å². The van der Waals surface area contributed by atoms with Crippen molar-refractivity contribution < 1.29 is 19.8 Å². The molecule has 26 heavy (non-hydrogen) atoms. The molecule has 2 aromatic rings. The Kier molecular flexibility index (Phi) is 4.52. The van der Waals surface area contributed by atoms with E-state index in [0.717, 1.165) is 36.9 Å². The van der Waals surface area contributed by atoms with Gasteiger partial charge in [0.15, 0.2) is 5.75 Å². The first kappa shape index (κ1) is 18.0. The van der Waals surface area contributed by atoms with Gasteiger partial charge in [0.25, 0.3) is 11.5 Å². The fourth-order valence-electron chi connectivity index (χ4n) is 3.53. The number of carbonyl (C=O) groups excluding carboxylic acids is 1. The largest absolute Gasteiger partial charge is 0.505 e. The molecule has 0 radical (unpaired) electrons. The second-order valence-electron chi connectivity index (χ2n) is 7.02. The van der Waals surface area contributed by atoms with Gasteiger partial charge in [-0.2, -0.15) is 0 Å². The minimum Gasteiger partial charge on any atom is -0.505 e. The molecule has 0 saturated heterocycles. The molecule has 0 bridgehead atoms. The van der Waals surface area contributed by atoms with Crippen molar-refractivity contribution in [3.05, 3.63) is 33.2 Å². The summed E-state index contributed by atoms with van der Waals surface area (Å²) in [6, 6.07) is 0.400. The number of fused-ring (bicyclic) bond motifs is 3. The van der Waals surface area contributed by atoms with Crippen molar-refractivity contribution in [2.45, 2.75) is 58.5 Å². The molecule has 8 nitrogen and oxygen atoms in total. The zero-order valence-electron chi connectivity index (χ0n) is 15.1. The predicted molar refractivity (Wildman–Crippen MR) is 94.9 cm³/mol. The number of amides is 1. The zero-order valence-corrected chi connectivity index (χ0v) is 15.1. The van der Waals surface area contributed by atoms with Gasteiger partial charge in [-0.3, -0.25) is 18.9 Å². The van der Waals surface area contributed by atoms with Crippen LogP contribution in [0.2, 0.25) is 0 Å². The lowest BCUT2D eigenvalue weighted by Crippen LogP contribution is -2.42. The average molecular weight is 361 g/mol. The summed E-state index contributed by atoms with van der Waals surface area (Å²) < 4.78 is 3.17. The van der Waals surface area contributed by atoms with Crippen LogP contribution in [0.15, 0.2) is 10.9 Å². The van der Waals surface area contributed by atoms with Gasteiger partial charge in [-0.25, -0.2) is 4.68 Å². The molecule has 1 atom stereocenters. The number of carboxylic acid groups (broad SMARTS) is 1. The van der Waals surface area contributed by atoms with Crippen LogP contribution in [0, 0.1) is 0 Å². The SMILES string of the molecule is CC(C)n1c(=O)c(C(=O)N[C@@H](C)C(=O)O)c(O)c2cc3c(n21)CCCC3. The monoisotopic (exact) mass is 361 g/mol. The van der Waals surface area contributed by atoms with E-state index in [2.05, 4.69) is 5.32 Å². The van der Waals surface area contributed by atoms with E-state index in [1.165, 1.54) is 11.6 Å². The molecule has 8 heteroatoms. The van der Waals surface area contributed by atoms with Crippen LogP contribution in [0.3, 0.4) is 0 Å². The van der Waals surface area contributed by atoms with Gasteiger partial charge in [-0.15, -0.1) is 0 Å². The third kappa shape index (κ3) is 2.75. The van der Waals surface area contributed by atoms with Crippen LogP contribution < -0.4 is 10.9 Å². The number of aromatic hydroxyl groups is 1. The normalized spacial score (nSPS) is 15.1. The molecule has 0 aliphatic heterocycles. The van der Waals surface area contributed by atoms with Gasteiger partial charge in [0.2, 0.25) is 0 Å². The molecule has 3 rings (SSSR count). The highest BCUT2D eigenvalue weighted by Crippen LogP contribution is 2.31. The maximum atomic E-state index is 13.0. The minimum atomic E-state index is -1.22. The van der Waals surface area contributed by atoms with E-state index in [1.807, 2.05) is 19.9 Å². The van der Waals surface area contributed by atoms with E-state index >= 15 is 0 Å². The first-order valence-corrected chi connectivity index (χ1v) is 8.78. The number of nitrogens with zero attached hydrogens (tertiary/aromatic N) is 2. The van der Waals surface area contributed by atoms with Crippen LogP contribution in [0.4, 0.5) is 0 Å². The smallest absolute Gasteiger partial charge is 0.325 e. The average Bonchev–Trinajstić information content (AvgIpc) is 2.94. The topological polar surface area (TPSA) is 113 Å². The second-order valence-corrected chi connectivity index (χ2v) is 7.02. The van der Waals surface area contributed by atoms with E-state index < -0.39 is 34.8 Å². The van der Waals surface area contributed by atoms with E-state index in [4.69, 9.17) is 5.11 Å². The van der Waals surface area contributed by atoms with Crippen molar-refractivity contribution in [3.63, 3.8) is 0 Å². The molecule has 140 valence electrons. The molecule has 3 N–H and O–H groups in total. The van der Waals surface area contributed by atoms with E-state index in [1.54, 1.807) is 4.52 Å². The Hall–Kier alpha value is -2.77. The second kappa shape index (κ2) is 6.51. The molecule has 1 aliphatic carbocycles. The van der Waals surface area contributed by atoms with Crippen LogP contribution in [0.5, 0.6) is 5.75 Å². The minimum absolute atomic E-state index is 0.243. The summed E-state index contributed by atoms with van der Waals surface area (Å²) in [6.45, 7) is 4.95. The predicted octanol–water partition coefficient (Wildman–Crippen LogP) is 1.47. The van der Waals surface area contributed by atoms with Crippen LogP contribution >= 0.6 is 0 Å². The van der Waals surface area contributed by atoms with Gasteiger partial charge >= 0.3 is 5.97 Å². The van der Waals surface area contributed by atoms with Gasteiger partial charge in [0.05, 0.1) is 0 Å². The van der Waals surface area contributed by atoms with Crippen molar-refractivity contribution in [3.8, 4) is 5.75 Å². The Morgan fingerprint density at radius 3 is 2.46 bits per heavy atom. The first-order chi connectivity index (χ1) is 12.2. The Labute approximate surface area is 150 Å². The highest BCUT2D eigenvalue weighted by atomic mass is 16.4. The summed E-state index contributed by atoms with van der Waals surface area (Å²) in [5.41, 5.74) is 1.39. The van der Waals surface area contributed by atoms with E-state index in [-0.39, 0.29) is 6.04 Å². The van der Waals surface area contributed by atoms with Gasteiger partial charge in [-0.1, -0.05) is 0 Å². The third-order valence-corrected chi connectivity index (χ3v) is 4.83. The molecule has 0 fully saturated rings. The van der Waals surface area contributed by atoms with Gasteiger partial charge in [0.1, 0.15) is 17.1 Å². The molecule has 0 saturated carbocycles. The fraction of sp³-hybridized carbons (Fsp3) is 0.500. The van der Waals surface area contributed by atoms with Crippen molar-refractivity contribution in [2.75, 3.05) is 0 Å². The number of hydrogen-bond acceptors (Lipinski definition) is 4. The Morgan fingerprint density at radius 1 is 1.19 bits per heavy atom. The Bertz CT molecular complexity index is 954. The lowest BCUT2D eigenvalue weighted by atomic mass is 9.98. The van der Waals surface area contributed by atoms with Crippen molar-refractivity contribution >= 4 is 17.4 Å². The molecule has 1 amide bonds. The van der Waals surface area contributed by atoms with Crippen LogP contribution in [-0.4, -0.2) is 37.3 Å². The number of carboxylic acids is 1. The molecule has 0 spiro atoms. The highest BCUT2D eigenvalue weighted by Gasteiger charge is 2.28. The van der Waals surface area contributed by atoms with Gasteiger partial charge in [0, 0.05) is 11.7 Å². The van der Waals surface area contributed by atoms with E-state index in [9.17, 15) is 19.5 Å². The quantitative estimate of drug-likeness (QED) is 0.763. The number of carbonyl (C=O) groups is 2. The number of hydrogen-bond donors (Lipinski definition) is 3. The maximum absolute atomic E-state index is 13.0. The van der Waals surface area contributed by atoms with Crippen LogP contribution in [0.1, 0.15) is 61.3 Å². The number of aliphatic carboxylic acids is 1.